The quantitative estimate of drug-likeness (QED) is 0.629. The molecule has 1 aromatic heterocycles. The van der Waals surface area contributed by atoms with Crippen molar-refractivity contribution in [1.29, 1.82) is 0 Å². The molecule has 1 heterocycles. The van der Waals surface area contributed by atoms with Crippen molar-refractivity contribution in [2.75, 3.05) is 17.2 Å². The van der Waals surface area contributed by atoms with E-state index in [-0.39, 0.29) is 17.7 Å². The number of carbonyl (C=O) groups excluding carboxylic acids is 1. The summed E-state index contributed by atoms with van der Waals surface area (Å²) in [6, 6.07) is 0.0884. The van der Waals surface area contributed by atoms with Gasteiger partial charge in [0.25, 0.3) is 5.91 Å². The Hall–Kier alpha value is -1.89. The van der Waals surface area contributed by atoms with E-state index < -0.39 is 5.91 Å². The molecule has 2 aliphatic rings. The van der Waals surface area contributed by atoms with Crippen molar-refractivity contribution in [2.45, 2.75) is 51.2 Å². The SMILES string of the molecule is C[C@@H]1CCC(Nc2nc(NCC3CC3)ncc2C(N)=O)C[C@H]1O. The van der Waals surface area contributed by atoms with Crippen LogP contribution in [0.2, 0.25) is 0 Å². The zero-order chi connectivity index (χ0) is 16.4. The first-order chi connectivity index (χ1) is 11.0. The maximum absolute atomic E-state index is 11.6. The van der Waals surface area contributed by atoms with Crippen LogP contribution in [-0.4, -0.2) is 39.7 Å². The molecule has 0 aromatic carbocycles. The molecule has 0 bridgehead atoms. The molecule has 1 amide bonds. The number of hydrogen-bond acceptors (Lipinski definition) is 6. The van der Waals surface area contributed by atoms with Gasteiger partial charge >= 0.3 is 0 Å². The molecule has 0 spiro atoms. The van der Waals surface area contributed by atoms with Crippen molar-refractivity contribution in [3.05, 3.63) is 11.8 Å². The topological polar surface area (TPSA) is 113 Å². The van der Waals surface area contributed by atoms with E-state index in [1.165, 1.54) is 19.0 Å². The first kappa shape index (κ1) is 16.0. The van der Waals surface area contributed by atoms with Crippen LogP contribution in [0.4, 0.5) is 11.8 Å². The molecule has 3 atom stereocenters. The summed E-state index contributed by atoms with van der Waals surface area (Å²) in [5, 5.41) is 16.5. The number of hydrogen-bond donors (Lipinski definition) is 4. The van der Waals surface area contributed by atoms with Crippen LogP contribution in [-0.2, 0) is 0 Å². The van der Waals surface area contributed by atoms with E-state index in [9.17, 15) is 9.90 Å². The summed E-state index contributed by atoms with van der Waals surface area (Å²) < 4.78 is 0. The average Bonchev–Trinajstić information content (AvgIpc) is 3.33. The number of nitrogens with two attached hydrogens (primary N) is 1. The molecule has 2 fully saturated rings. The van der Waals surface area contributed by atoms with Gasteiger partial charge in [-0.1, -0.05) is 6.92 Å². The van der Waals surface area contributed by atoms with Gasteiger partial charge in [-0.2, -0.15) is 4.98 Å². The monoisotopic (exact) mass is 319 g/mol. The maximum atomic E-state index is 11.6. The number of rotatable bonds is 6. The van der Waals surface area contributed by atoms with Crippen molar-refractivity contribution >= 4 is 17.7 Å². The zero-order valence-electron chi connectivity index (χ0n) is 13.5. The maximum Gasteiger partial charge on any atom is 0.254 e. The van der Waals surface area contributed by atoms with Gasteiger partial charge in [0.2, 0.25) is 5.95 Å². The summed E-state index contributed by atoms with van der Waals surface area (Å²) in [4.78, 5) is 20.2. The van der Waals surface area contributed by atoms with Crippen molar-refractivity contribution in [3.63, 3.8) is 0 Å². The number of nitrogens with zero attached hydrogens (tertiary/aromatic N) is 2. The average molecular weight is 319 g/mol. The first-order valence-corrected chi connectivity index (χ1v) is 8.38. The van der Waals surface area contributed by atoms with Crippen LogP contribution in [0, 0.1) is 11.8 Å². The molecule has 2 aliphatic carbocycles. The lowest BCUT2D eigenvalue weighted by molar-refractivity contribution is 0.0739. The second kappa shape index (κ2) is 6.70. The predicted octanol–water partition coefficient (Wildman–Crippen LogP) is 1.36. The molecule has 2 saturated carbocycles. The second-order valence-electron chi connectivity index (χ2n) is 6.84. The molecule has 126 valence electrons. The number of aliphatic hydroxyl groups excluding tert-OH is 1. The second-order valence-corrected chi connectivity index (χ2v) is 6.84. The van der Waals surface area contributed by atoms with Crippen LogP contribution < -0.4 is 16.4 Å². The normalized spacial score (nSPS) is 27.5. The van der Waals surface area contributed by atoms with Crippen LogP contribution in [0.5, 0.6) is 0 Å². The molecule has 0 radical (unpaired) electrons. The van der Waals surface area contributed by atoms with Gasteiger partial charge in [0.15, 0.2) is 0 Å². The van der Waals surface area contributed by atoms with Crippen LogP contribution >= 0.6 is 0 Å². The number of primary amides is 1. The number of carbonyl (C=O) groups is 1. The Kier molecular flexibility index (Phi) is 4.66. The fourth-order valence-electron chi connectivity index (χ4n) is 2.94. The van der Waals surface area contributed by atoms with E-state index in [4.69, 9.17) is 5.73 Å². The number of anilines is 2. The number of amides is 1. The molecule has 1 aromatic rings. The molecule has 7 nitrogen and oxygen atoms in total. The van der Waals surface area contributed by atoms with Gasteiger partial charge in [0.05, 0.1) is 11.7 Å². The molecule has 1 unspecified atom stereocenters. The van der Waals surface area contributed by atoms with E-state index in [1.54, 1.807) is 0 Å². The van der Waals surface area contributed by atoms with E-state index in [1.807, 2.05) is 0 Å². The molecule has 23 heavy (non-hydrogen) atoms. The third-order valence-corrected chi connectivity index (χ3v) is 4.79. The summed E-state index contributed by atoms with van der Waals surface area (Å²) >= 11 is 0. The Morgan fingerprint density at radius 3 is 2.83 bits per heavy atom. The fraction of sp³-hybridized carbons (Fsp3) is 0.688. The number of aromatic nitrogens is 2. The van der Waals surface area contributed by atoms with Crippen molar-refractivity contribution in [3.8, 4) is 0 Å². The van der Waals surface area contributed by atoms with E-state index >= 15 is 0 Å². The molecule has 0 saturated heterocycles. The minimum atomic E-state index is -0.550. The van der Waals surface area contributed by atoms with Crippen LogP contribution in [0.3, 0.4) is 0 Å². The fourth-order valence-corrected chi connectivity index (χ4v) is 2.94. The van der Waals surface area contributed by atoms with Crippen LogP contribution in [0.1, 0.15) is 49.4 Å². The van der Waals surface area contributed by atoms with Crippen molar-refractivity contribution in [1.82, 2.24) is 9.97 Å². The molecular weight excluding hydrogens is 294 g/mol. The molecule has 0 aliphatic heterocycles. The summed E-state index contributed by atoms with van der Waals surface area (Å²) in [5.74, 6) is 1.43. The largest absolute Gasteiger partial charge is 0.393 e. The summed E-state index contributed by atoms with van der Waals surface area (Å²) in [6.07, 6.45) is 6.16. The zero-order valence-corrected chi connectivity index (χ0v) is 13.5. The molecule has 7 heteroatoms. The minimum Gasteiger partial charge on any atom is -0.393 e. The number of aliphatic hydroxyl groups is 1. The highest BCUT2D eigenvalue weighted by molar-refractivity contribution is 5.97. The van der Waals surface area contributed by atoms with E-state index in [0.29, 0.717) is 30.0 Å². The summed E-state index contributed by atoms with van der Waals surface area (Å²) in [5.41, 5.74) is 5.71. The smallest absolute Gasteiger partial charge is 0.254 e. The number of nitrogens with one attached hydrogen (secondary N) is 2. The molecule has 5 N–H and O–H groups in total. The highest BCUT2D eigenvalue weighted by atomic mass is 16.3. The lowest BCUT2D eigenvalue weighted by atomic mass is 9.85. The predicted molar refractivity (Wildman–Crippen MR) is 88.2 cm³/mol. The molecule has 3 rings (SSSR count). The third kappa shape index (κ3) is 4.10. The van der Waals surface area contributed by atoms with Gasteiger partial charge < -0.3 is 21.5 Å². The summed E-state index contributed by atoms with van der Waals surface area (Å²) in [6.45, 7) is 2.91. The van der Waals surface area contributed by atoms with E-state index in [0.717, 1.165) is 19.4 Å². The van der Waals surface area contributed by atoms with Crippen LogP contribution in [0.25, 0.3) is 0 Å². The Balaban J connectivity index is 1.71. The van der Waals surface area contributed by atoms with Gasteiger partial charge in [-0.15, -0.1) is 0 Å². The highest BCUT2D eigenvalue weighted by Gasteiger charge is 2.27. The Morgan fingerprint density at radius 2 is 2.17 bits per heavy atom. The lowest BCUT2D eigenvalue weighted by Gasteiger charge is -2.32. The lowest BCUT2D eigenvalue weighted by Crippen LogP contribution is -2.35. The Morgan fingerprint density at radius 1 is 1.39 bits per heavy atom. The highest BCUT2D eigenvalue weighted by Crippen LogP contribution is 2.29. The first-order valence-electron chi connectivity index (χ1n) is 8.38. The van der Waals surface area contributed by atoms with E-state index in [2.05, 4.69) is 27.5 Å². The van der Waals surface area contributed by atoms with Gasteiger partial charge in [-0.3, -0.25) is 4.79 Å². The standard InChI is InChI=1S/C16H25N5O2/c1-9-2-5-11(6-13(9)22)20-15-12(14(17)23)8-19-16(21-15)18-7-10-3-4-10/h8-11,13,22H,2-7H2,1H3,(H2,17,23)(H2,18,19,20,21)/t9-,11?,13-/m1/s1. The molecular formula is C16H25N5O2. The Labute approximate surface area is 136 Å². The van der Waals surface area contributed by atoms with Crippen LogP contribution in [0.15, 0.2) is 6.20 Å². The Bertz CT molecular complexity index is 576. The van der Waals surface area contributed by atoms with Crippen molar-refractivity contribution in [2.24, 2.45) is 17.6 Å². The van der Waals surface area contributed by atoms with Gasteiger partial charge in [-0.25, -0.2) is 4.98 Å². The van der Waals surface area contributed by atoms with Gasteiger partial charge in [-0.05, 0) is 43.9 Å². The van der Waals surface area contributed by atoms with Crippen molar-refractivity contribution < 1.29 is 9.90 Å². The minimum absolute atomic E-state index is 0.0884. The summed E-state index contributed by atoms with van der Waals surface area (Å²) in [7, 11) is 0. The third-order valence-electron chi connectivity index (χ3n) is 4.79. The van der Waals surface area contributed by atoms with Gasteiger partial charge in [0, 0.05) is 18.8 Å². The van der Waals surface area contributed by atoms with Gasteiger partial charge in [0.1, 0.15) is 5.82 Å².